The summed E-state index contributed by atoms with van der Waals surface area (Å²) in [6.45, 7) is 0. The first kappa shape index (κ1) is 13.4. The minimum atomic E-state index is -0.774. The van der Waals surface area contributed by atoms with Crippen molar-refractivity contribution in [3.63, 3.8) is 0 Å². The molecule has 1 aromatic rings. The van der Waals surface area contributed by atoms with E-state index < -0.39 is 10.8 Å². The van der Waals surface area contributed by atoms with Crippen molar-refractivity contribution in [2.75, 3.05) is 18.6 Å². The predicted molar refractivity (Wildman–Crippen MR) is 76.1 cm³/mol. The number of methoxy groups -OCH3 is 1. The van der Waals surface area contributed by atoms with E-state index >= 15 is 0 Å². The van der Waals surface area contributed by atoms with Gasteiger partial charge in [-0.05, 0) is 36.5 Å². The number of anilines is 1. The van der Waals surface area contributed by atoms with Crippen LogP contribution in [0.25, 0.3) is 0 Å². The van der Waals surface area contributed by atoms with Crippen LogP contribution in [0.3, 0.4) is 0 Å². The minimum absolute atomic E-state index is 0.602. The number of nitrogen functional groups attached to an aromatic ring is 1. The summed E-state index contributed by atoms with van der Waals surface area (Å²) in [4.78, 5) is 0. The molecular weight excluding hydrogens is 246 g/mol. The lowest BCUT2D eigenvalue weighted by atomic mass is 10.1. The van der Waals surface area contributed by atoms with Crippen LogP contribution in [0.5, 0.6) is 5.75 Å². The Morgan fingerprint density at radius 1 is 1.39 bits per heavy atom. The Morgan fingerprint density at radius 3 is 2.72 bits per heavy atom. The maximum atomic E-state index is 12.1. The molecule has 1 aliphatic rings. The first-order valence-electron chi connectivity index (χ1n) is 6.46. The fourth-order valence-electron chi connectivity index (χ4n) is 2.56. The van der Waals surface area contributed by atoms with Gasteiger partial charge in [0.25, 0.3) is 0 Å². The van der Waals surface area contributed by atoms with E-state index in [0.717, 1.165) is 11.3 Å². The Kier molecular flexibility index (Phi) is 4.64. The second-order valence-corrected chi connectivity index (χ2v) is 6.48. The number of hydrogen-bond donors (Lipinski definition) is 1. The summed E-state index contributed by atoms with van der Waals surface area (Å²) in [5, 5.41) is 0. The number of rotatable bonds is 5. The van der Waals surface area contributed by atoms with Gasteiger partial charge in [0.2, 0.25) is 0 Å². The van der Waals surface area contributed by atoms with Crippen molar-refractivity contribution in [3.05, 3.63) is 23.8 Å². The topological polar surface area (TPSA) is 52.3 Å². The molecule has 18 heavy (non-hydrogen) atoms. The van der Waals surface area contributed by atoms with Gasteiger partial charge in [-0.3, -0.25) is 4.21 Å². The summed E-state index contributed by atoms with van der Waals surface area (Å²) in [6.07, 6.45) is 5.10. The van der Waals surface area contributed by atoms with Crippen LogP contribution in [0, 0.1) is 5.92 Å². The van der Waals surface area contributed by atoms with E-state index in [1.165, 1.54) is 25.7 Å². The minimum Gasteiger partial charge on any atom is -0.495 e. The van der Waals surface area contributed by atoms with Crippen LogP contribution in [0.15, 0.2) is 18.2 Å². The Bertz CT molecular complexity index is 428. The Labute approximate surface area is 111 Å². The molecule has 0 aromatic heterocycles. The molecular formula is C14H21NO2S. The van der Waals surface area contributed by atoms with Crippen LogP contribution in [0.2, 0.25) is 0 Å². The number of hydrogen-bond acceptors (Lipinski definition) is 3. The van der Waals surface area contributed by atoms with Gasteiger partial charge in [0.15, 0.2) is 0 Å². The molecule has 2 rings (SSSR count). The van der Waals surface area contributed by atoms with E-state index in [1.54, 1.807) is 7.11 Å². The lowest BCUT2D eigenvalue weighted by Gasteiger charge is -2.10. The van der Waals surface area contributed by atoms with Gasteiger partial charge in [-0.2, -0.15) is 0 Å². The van der Waals surface area contributed by atoms with Crippen LogP contribution >= 0.6 is 0 Å². The first-order chi connectivity index (χ1) is 8.69. The molecule has 0 saturated heterocycles. The van der Waals surface area contributed by atoms with Crippen molar-refractivity contribution in [2.45, 2.75) is 31.4 Å². The van der Waals surface area contributed by atoms with Gasteiger partial charge in [0, 0.05) is 22.3 Å². The van der Waals surface area contributed by atoms with E-state index in [2.05, 4.69) is 0 Å². The molecule has 1 fully saturated rings. The van der Waals surface area contributed by atoms with E-state index in [-0.39, 0.29) is 0 Å². The average molecular weight is 267 g/mol. The molecule has 0 bridgehead atoms. The molecule has 3 nitrogen and oxygen atoms in total. The molecule has 1 unspecified atom stereocenters. The third-order valence-electron chi connectivity index (χ3n) is 3.52. The van der Waals surface area contributed by atoms with E-state index in [0.29, 0.717) is 23.1 Å². The first-order valence-corrected chi connectivity index (χ1v) is 7.95. The van der Waals surface area contributed by atoms with Gasteiger partial charge in [0.05, 0.1) is 12.8 Å². The van der Waals surface area contributed by atoms with Gasteiger partial charge in [-0.1, -0.05) is 18.9 Å². The van der Waals surface area contributed by atoms with Crippen molar-refractivity contribution in [1.82, 2.24) is 0 Å². The Hall–Kier alpha value is -1.03. The Balaban J connectivity index is 1.92. The highest BCUT2D eigenvalue weighted by molar-refractivity contribution is 7.84. The lowest BCUT2D eigenvalue weighted by Crippen LogP contribution is -2.09. The SMILES string of the molecule is COc1ccc(CS(=O)CC2CCCC2)cc1N. The zero-order chi connectivity index (χ0) is 13.0. The van der Waals surface area contributed by atoms with E-state index in [1.807, 2.05) is 18.2 Å². The van der Waals surface area contributed by atoms with Crippen LogP contribution in [-0.2, 0) is 16.6 Å². The summed E-state index contributed by atoms with van der Waals surface area (Å²) in [5.74, 6) is 2.79. The average Bonchev–Trinajstić information content (AvgIpc) is 2.82. The molecule has 0 radical (unpaired) electrons. The summed E-state index contributed by atoms with van der Waals surface area (Å²) < 4.78 is 17.2. The largest absolute Gasteiger partial charge is 0.495 e. The molecule has 1 atom stereocenters. The van der Waals surface area contributed by atoms with Crippen LogP contribution in [-0.4, -0.2) is 17.1 Å². The highest BCUT2D eigenvalue weighted by Crippen LogP contribution is 2.27. The second kappa shape index (κ2) is 6.23. The molecule has 2 N–H and O–H groups in total. The van der Waals surface area contributed by atoms with Crippen LogP contribution in [0.1, 0.15) is 31.2 Å². The molecule has 0 heterocycles. The van der Waals surface area contributed by atoms with Crippen molar-refractivity contribution in [1.29, 1.82) is 0 Å². The van der Waals surface area contributed by atoms with Gasteiger partial charge in [-0.25, -0.2) is 0 Å². The number of ether oxygens (including phenoxy) is 1. The molecule has 4 heteroatoms. The van der Waals surface area contributed by atoms with Gasteiger partial charge < -0.3 is 10.5 Å². The fourth-order valence-corrected chi connectivity index (χ4v) is 4.09. The van der Waals surface area contributed by atoms with Crippen molar-refractivity contribution < 1.29 is 8.95 Å². The molecule has 0 amide bonds. The van der Waals surface area contributed by atoms with Gasteiger partial charge in [0.1, 0.15) is 5.75 Å². The summed E-state index contributed by atoms with van der Waals surface area (Å²) in [6, 6.07) is 5.66. The van der Waals surface area contributed by atoms with E-state index in [4.69, 9.17) is 10.5 Å². The quantitative estimate of drug-likeness (QED) is 0.835. The maximum Gasteiger partial charge on any atom is 0.141 e. The number of benzene rings is 1. The lowest BCUT2D eigenvalue weighted by molar-refractivity contribution is 0.417. The maximum absolute atomic E-state index is 12.1. The van der Waals surface area contributed by atoms with E-state index in [9.17, 15) is 4.21 Å². The predicted octanol–water partition coefficient (Wildman–Crippen LogP) is 2.72. The fraction of sp³-hybridized carbons (Fsp3) is 0.571. The Morgan fingerprint density at radius 2 is 2.11 bits per heavy atom. The summed E-state index contributed by atoms with van der Waals surface area (Å²) >= 11 is 0. The normalized spacial score (nSPS) is 17.8. The monoisotopic (exact) mass is 267 g/mol. The molecule has 1 aromatic carbocycles. The molecule has 100 valence electrons. The molecule has 0 spiro atoms. The summed E-state index contributed by atoms with van der Waals surface area (Å²) in [5.41, 5.74) is 7.50. The van der Waals surface area contributed by atoms with Crippen molar-refractivity contribution in [2.24, 2.45) is 5.92 Å². The molecule has 1 aliphatic carbocycles. The van der Waals surface area contributed by atoms with Crippen LogP contribution in [0.4, 0.5) is 5.69 Å². The zero-order valence-corrected chi connectivity index (χ0v) is 11.7. The molecule has 0 aliphatic heterocycles. The smallest absolute Gasteiger partial charge is 0.141 e. The van der Waals surface area contributed by atoms with Crippen molar-refractivity contribution >= 4 is 16.5 Å². The molecule has 1 saturated carbocycles. The second-order valence-electron chi connectivity index (χ2n) is 4.98. The summed E-state index contributed by atoms with van der Waals surface area (Å²) in [7, 11) is 0.827. The standard InChI is InChI=1S/C14H21NO2S/c1-17-14-7-6-12(8-13(14)15)10-18(16)9-11-4-2-3-5-11/h6-8,11H,2-5,9-10,15H2,1H3. The van der Waals surface area contributed by atoms with Crippen LogP contribution < -0.4 is 10.5 Å². The van der Waals surface area contributed by atoms with Crippen molar-refractivity contribution in [3.8, 4) is 5.75 Å². The van der Waals surface area contributed by atoms with Gasteiger partial charge >= 0.3 is 0 Å². The number of nitrogens with two attached hydrogens (primary N) is 1. The highest BCUT2D eigenvalue weighted by atomic mass is 32.2. The third-order valence-corrected chi connectivity index (χ3v) is 5.02. The van der Waals surface area contributed by atoms with Gasteiger partial charge in [-0.15, -0.1) is 0 Å². The third kappa shape index (κ3) is 3.48. The highest BCUT2D eigenvalue weighted by Gasteiger charge is 2.17. The zero-order valence-electron chi connectivity index (χ0n) is 10.9.